The van der Waals surface area contributed by atoms with Crippen molar-refractivity contribution in [3.8, 4) is 17.5 Å². The Morgan fingerprint density at radius 3 is 2.39 bits per heavy atom. The summed E-state index contributed by atoms with van der Waals surface area (Å²) in [4.78, 5) is 21.3. The summed E-state index contributed by atoms with van der Waals surface area (Å²) >= 11 is 0. The Hall–Kier alpha value is -3.94. The standard InChI is InChI=1S/C27H25F4N5O2/c28-23-3-1-2-19(13-23)24-33-25(38-34-24)21-12-20(18-4-6-22(7-5-18)27(29,30)31)15-36(16-21)26(37)35-10-8-17(14-32)9-11-35/h1-7,13,17,20-21H,8-12,15-16H2. The third kappa shape index (κ3) is 5.49. The summed E-state index contributed by atoms with van der Waals surface area (Å²) in [5, 5.41) is 13.2. The molecule has 0 N–H and O–H groups in total. The Morgan fingerprint density at radius 2 is 1.74 bits per heavy atom. The summed E-state index contributed by atoms with van der Waals surface area (Å²) in [5.74, 6) is -0.652. The first kappa shape index (κ1) is 25.7. The average molecular weight is 528 g/mol. The second kappa shape index (κ2) is 10.4. The van der Waals surface area contributed by atoms with Crippen LogP contribution in [-0.4, -0.2) is 52.2 Å². The Morgan fingerprint density at radius 1 is 1.03 bits per heavy atom. The number of urea groups is 1. The Kier molecular flexibility index (Phi) is 7.06. The van der Waals surface area contributed by atoms with E-state index in [1.165, 1.54) is 30.3 Å². The van der Waals surface area contributed by atoms with Gasteiger partial charge in [0.05, 0.1) is 17.6 Å². The van der Waals surface area contributed by atoms with Crippen molar-refractivity contribution in [3.05, 3.63) is 71.4 Å². The molecule has 2 saturated heterocycles. The van der Waals surface area contributed by atoms with Gasteiger partial charge >= 0.3 is 12.2 Å². The molecule has 2 aliphatic heterocycles. The number of carbonyl (C=O) groups is 1. The molecule has 0 radical (unpaired) electrons. The Balaban J connectivity index is 1.40. The number of hydrogen-bond donors (Lipinski definition) is 0. The van der Waals surface area contributed by atoms with E-state index in [0.29, 0.717) is 56.6 Å². The van der Waals surface area contributed by atoms with Crippen molar-refractivity contribution in [2.75, 3.05) is 26.2 Å². The number of nitriles is 1. The number of amides is 2. The van der Waals surface area contributed by atoms with Crippen LogP contribution in [-0.2, 0) is 6.18 Å². The van der Waals surface area contributed by atoms with Gasteiger partial charge in [-0.3, -0.25) is 0 Å². The summed E-state index contributed by atoms with van der Waals surface area (Å²) in [6, 6.07) is 12.9. The van der Waals surface area contributed by atoms with Crippen LogP contribution in [0.5, 0.6) is 0 Å². The maximum atomic E-state index is 13.7. The van der Waals surface area contributed by atoms with Crippen LogP contribution in [0.1, 0.15) is 48.1 Å². The molecule has 3 heterocycles. The van der Waals surface area contributed by atoms with Crippen LogP contribution in [0.4, 0.5) is 22.4 Å². The molecule has 2 aliphatic rings. The molecular formula is C27H25F4N5O2. The highest BCUT2D eigenvalue weighted by molar-refractivity contribution is 5.75. The summed E-state index contributed by atoms with van der Waals surface area (Å²) in [6.07, 6.45) is -2.76. The van der Waals surface area contributed by atoms with Crippen LogP contribution in [0, 0.1) is 23.1 Å². The highest BCUT2D eigenvalue weighted by Crippen LogP contribution is 2.38. The second-order valence-electron chi connectivity index (χ2n) is 9.79. The summed E-state index contributed by atoms with van der Waals surface area (Å²) < 4.78 is 58.6. The minimum Gasteiger partial charge on any atom is -0.339 e. The molecule has 0 spiro atoms. The first-order chi connectivity index (χ1) is 18.2. The van der Waals surface area contributed by atoms with Gasteiger partial charge in [0.25, 0.3) is 0 Å². The smallest absolute Gasteiger partial charge is 0.339 e. The molecule has 0 saturated carbocycles. The van der Waals surface area contributed by atoms with Gasteiger partial charge in [0.1, 0.15) is 5.82 Å². The van der Waals surface area contributed by atoms with E-state index in [2.05, 4.69) is 16.2 Å². The zero-order valence-corrected chi connectivity index (χ0v) is 20.4. The highest BCUT2D eigenvalue weighted by Gasteiger charge is 2.37. The van der Waals surface area contributed by atoms with E-state index in [9.17, 15) is 27.6 Å². The number of halogens is 4. The van der Waals surface area contributed by atoms with Crippen LogP contribution in [0.3, 0.4) is 0 Å². The molecule has 5 rings (SSSR count). The van der Waals surface area contributed by atoms with Crippen LogP contribution in [0.2, 0.25) is 0 Å². The van der Waals surface area contributed by atoms with Gasteiger partial charge in [0.15, 0.2) is 0 Å². The van der Waals surface area contributed by atoms with Gasteiger partial charge in [0, 0.05) is 43.6 Å². The largest absolute Gasteiger partial charge is 0.416 e. The number of benzene rings is 2. The fourth-order valence-corrected chi connectivity index (χ4v) is 5.17. The first-order valence-corrected chi connectivity index (χ1v) is 12.4. The van der Waals surface area contributed by atoms with Gasteiger partial charge in [-0.25, -0.2) is 9.18 Å². The molecule has 3 aromatic rings. The van der Waals surface area contributed by atoms with Crippen molar-refractivity contribution in [1.29, 1.82) is 5.26 Å². The molecule has 0 bridgehead atoms. The minimum absolute atomic E-state index is 0.0762. The van der Waals surface area contributed by atoms with Gasteiger partial charge in [-0.15, -0.1) is 0 Å². The van der Waals surface area contributed by atoms with Crippen LogP contribution < -0.4 is 0 Å². The molecule has 2 unspecified atom stereocenters. The molecule has 2 atom stereocenters. The number of carbonyl (C=O) groups excluding carboxylic acids is 1. The molecule has 198 valence electrons. The number of rotatable bonds is 3. The van der Waals surface area contributed by atoms with Crippen LogP contribution >= 0.6 is 0 Å². The van der Waals surface area contributed by atoms with Gasteiger partial charge in [-0.2, -0.15) is 23.4 Å². The average Bonchev–Trinajstić information content (AvgIpc) is 3.43. The van der Waals surface area contributed by atoms with E-state index in [-0.39, 0.29) is 35.5 Å². The van der Waals surface area contributed by atoms with Crippen LogP contribution in [0.15, 0.2) is 53.1 Å². The third-order valence-electron chi connectivity index (χ3n) is 7.25. The van der Waals surface area contributed by atoms with Crippen molar-refractivity contribution in [1.82, 2.24) is 19.9 Å². The zero-order chi connectivity index (χ0) is 26.9. The van der Waals surface area contributed by atoms with E-state index in [1.54, 1.807) is 15.9 Å². The molecule has 2 fully saturated rings. The number of alkyl halides is 3. The Labute approximate surface area is 216 Å². The monoisotopic (exact) mass is 527 g/mol. The lowest BCUT2D eigenvalue weighted by atomic mass is 9.84. The second-order valence-corrected chi connectivity index (χ2v) is 9.79. The fraction of sp³-hybridized carbons (Fsp3) is 0.407. The fourth-order valence-electron chi connectivity index (χ4n) is 5.17. The highest BCUT2D eigenvalue weighted by atomic mass is 19.4. The molecule has 11 heteroatoms. The van der Waals surface area contributed by atoms with Crippen LogP contribution in [0.25, 0.3) is 11.4 Å². The molecule has 2 amide bonds. The van der Waals surface area contributed by atoms with Gasteiger partial charge in [0.2, 0.25) is 11.7 Å². The quantitative estimate of drug-likeness (QED) is 0.401. The molecule has 38 heavy (non-hydrogen) atoms. The third-order valence-corrected chi connectivity index (χ3v) is 7.25. The van der Waals surface area contributed by atoms with Crippen molar-refractivity contribution >= 4 is 6.03 Å². The van der Waals surface area contributed by atoms with E-state index in [0.717, 1.165) is 12.1 Å². The number of piperidine rings is 2. The molecule has 2 aromatic carbocycles. The zero-order valence-electron chi connectivity index (χ0n) is 20.4. The molecular weight excluding hydrogens is 502 g/mol. The minimum atomic E-state index is -4.44. The predicted molar refractivity (Wildman–Crippen MR) is 128 cm³/mol. The number of hydrogen-bond acceptors (Lipinski definition) is 5. The maximum Gasteiger partial charge on any atom is 0.416 e. The van der Waals surface area contributed by atoms with E-state index >= 15 is 0 Å². The van der Waals surface area contributed by atoms with Gasteiger partial charge in [-0.05, 0) is 49.1 Å². The molecule has 7 nitrogen and oxygen atoms in total. The first-order valence-electron chi connectivity index (χ1n) is 12.4. The number of nitrogens with zero attached hydrogens (tertiary/aromatic N) is 5. The predicted octanol–water partition coefficient (Wildman–Crippen LogP) is 5.82. The number of likely N-dealkylation sites (tertiary alicyclic amines) is 2. The van der Waals surface area contributed by atoms with Crippen molar-refractivity contribution in [2.24, 2.45) is 5.92 Å². The van der Waals surface area contributed by atoms with Gasteiger partial charge in [-0.1, -0.05) is 29.4 Å². The summed E-state index contributed by atoms with van der Waals surface area (Å²) in [5.41, 5.74) is 0.385. The number of aromatic nitrogens is 2. The topological polar surface area (TPSA) is 86.3 Å². The Bertz CT molecular complexity index is 1330. The normalized spacial score (nSPS) is 20.8. The van der Waals surface area contributed by atoms with Crippen molar-refractivity contribution in [3.63, 3.8) is 0 Å². The van der Waals surface area contributed by atoms with Crippen molar-refractivity contribution < 1.29 is 26.9 Å². The lowest BCUT2D eigenvalue weighted by Crippen LogP contribution is -2.51. The lowest BCUT2D eigenvalue weighted by molar-refractivity contribution is -0.137. The van der Waals surface area contributed by atoms with Gasteiger partial charge < -0.3 is 14.3 Å². The lowest BCUT2D eigenvalue weighted by Gasteiger charge is -2.40. The maximum absolute atomic E-state index is 13.7. The summed E-state index contributed by atoms with van der Waals surface area (Å²) in [6.45, 7) is 1.55. The van der Waals surface area contributed by atoms with E-state index in [1.807, 2.05) is 0 Å². The molecule has 0 aliphatic carbocycles. The van der Waals surface area contributed by atoms with E-state index < -0.39 is 17.6 Å². The molecule has 1 aromatic heterocycles. The SMILES string of the molecule is N#CC1CCN(C(=O)N2CC(c3ccc(C(F)(F)F)cc3)CC(c3nc(-c4cccc(F)c4)no3)C2)CC1. The summed E-state index contributed by atoms with van der Waals surface area (Å²) in [7, 11) is 0. The van der Waals surface area contributed by atoms with E-state index in [4.69, 9.17) is 4.52 Å². The van der Waals surface area contributed by atoms with Crippen molar-refractivity contribution in [2.45, 2.75) is 37.3 Å².